The highest BCUT2D eigenvalue weighted by molar-refractivity contribution is 7.88. The Bertz CT molecular complexity index is 1340. The number of fused-ring (bicyclic) bond motifs is 1. The standard InChI is InChI=1S/C28H42N6O5S/c1-8-14-34(27(37)24(28(3,4)5)32-25(35)18(2)29-6)23-17-33(40(7,38)39)16-21(23)26(36)31-20-11-12-22-19(15-20)10-9-13-30-22/h9-13,15,18,21,23-24,29H,8,14,16-17H2,1-7H3,(H,31,36)(H,32,35)/t18-,21-,23-,24+/m0/s1. The Morgan fingerprint density at radius 1 is 1.18 bits per heavy atom. The van der Waals surface area contributed by atoms with Gasteiger partial charge in [0.25, 0.3) is 0 Å². The summed E-state index contributed by atoms with van der Waals surface area (Å²) in [5.74, 6) is -1.87. The fraction of sp³-hybridized carbons (Fsp3) is 0.571. The van der Waals surface area contributed by atoms with Gasteiger partial charge in [0.1, 0.15) is 6.04 Å². The van der Waals surface area contributed by atoms with Crippen molar-refractivity contribution in [2.45, 2.75) is 59.2 Å². The van der Waals surface area contributed by atoms with Gasteiger partial charge in [-0.3, -0.25) is 19.4 Å². The van der Waals surface area contributed by atoms with Crippen LogP contribution in [-0.4, -0.2) is 91.4 Å². The van der Waals surface area contributed by atoms with Gasteiger partial charge >= 0.3 is 0 Å². The molecule has 3 rings (SSSR count). The first-order chi connectivity index (χ1) is 18.7. The Hall–Kier alpha value is -3.09. The average Bonchev–Trinajstić information content (AvgIpc) is 3.34. The number of carbonyl (C=O) groups is 3. The molecule has 0 spiro atoms. The molecule has 1 fully saturated rings. The van der Waals surface area contributed by atoms with E-state index in [1.165, 1.54) is 4.31 Å². The normalized spacial score (nSPS) is 19.7. The number of pyridine rings is 1. The molecule has 0 saturated carbocycles. The van der Waals surface area contributed by atoms with Crippen LogP contribution in [0.3, 0.4) is 0 Å². The molecule has 0 bridgehead atoms. The number of aromatic nitrogens is 1. The maximum absolute atomic E-state index is 14.1. The molecule has 12 heteroatoms. The van der Waals surface area contributed by atoms with Gasteiger partial charge in [-0.05, 0) is 50.1 Å². The Labute approximate surface area is 237 Å². The fourth-order valence-electron chi connectivity index (χ4n) is 4.88. The molecule has 2 heterocycles. The van der Waals surface area contributed by atoms with Crippen molar-refractivity contribution < 1.29 is 22.8 Å². The molecule has 2 aromatic rings. The second-order valence-electron chi connectivity index (χ2n) is 11.5. The minimum atomic E-state index is -3.63. The maximum Gasteiger partial charge on any atom is 0.246 e. The minimum absolute atomic E-state index is 0.0119. The summed E-state index contributed by atoms with van der Waals surface area (Å²) in [6, 6.07) is 6.94. The van der Waals surface area contributed by atoms with E-state index in [0.29, 0.717) is 18.7 Å². The van der Waals surface area contributed by atoms with Crippen molar-refractivity contribution in [3.05, 3.63) is 36.5 Å². The van der Waals surface area contributed by atoms with Gasteiger partial charge < -0.3 is 20.9 Å². The molecule has 220 valence electrons. The van der Waals surface area contributed by atoms with Gasteiger partial charge in [-0.25, -0.2) is 8.42 Å². The monoisotopic (exact) mass is 574 g/mol. The second-order valence-corrected chi connectivity index (χ2v) is 13.5. The summed E-state index contributed by atoms with van der Waals surface area (Å²) in [4.78, 5) is 46.5. The molecule has 1 aliphatic rings. The zero-order valence-corrected chi connectivity index (χ0v) is 25.2. The molecule has 1 aromatic heterocycles. The third kappa shape index (κ3) is 7.35. The summed E-state index contributed by atoms with van der Waals surface area (Å²) in [7, 11) is -1.97. The first kappa shape index (κ1) is 31.4. The molecule has 1 aromatic carbocycles. The fourth-order valence-corrected chi connectivity index (χ4v) is 5.73. The van der Waals surface area contributed by atoms with Gasteiger partial charge in [0.15, 0.2) is 0 Å². The first-order valence-corrected chi connectivity index (χ1v) is 15.4. The number of rotatable bonds is 10. The topological polar surface area (TPSA) is 141 Å². The molecule has 3 N–H and O–H groups in total. The van der Waals surface area contributed by atoms with Crippen LogP contribution in [0.25, 0.3) is 10.9 Å². The number of benzene rings is 1. The van der Waals surface area contributed by atoms with Crippen LogP contribution in [-0.2, 0) is 24.4 Å². The lowest BCUT2D eigenvalue weighted by Gasteiger charge is -2.39. The zero-order valence-electron chi connectivity index (χ0n) is 24.4. The van der Waals surface area contributed by atoms with Crippen LogP contribution in [0.1, 0.15) is 41.0 Å². The Morgan fingerprint density at radius 3 is 2.48 bits per heavy atom. The first-order valence-electron chi connectivity index (χ1n) is 13.6. The van der Waals surface area contributed by atoms with Crippen molar-refractivity contribution in [1.29, 1.82) is 0 Å². The molecule has 11 nitrogen and oxygen atoms in total. The minimum Gasteiger partial charge on any atom is -0.342 e. The van der Waals surface area contributed by atoms with Gasteiger partial charge in [-0.2, -0.15) is 4.31 Å². The van der Waals surface area contributed by atoms with Crippen LogP contribution in [0.4, 0.5) is 5.69 Å². The van der Waals surface area contributed by atoms with Crippen molar-refractivity contribution in [2.75, 3.05) is 38.3 Å². The molecular formula is C28H42N6O5S. The number of carbonyl (C=O) groups excluding carboxylic acids is 3. The van der Waals surface area contributed by atoms with Crippen molar-refractivity contribution in [2.24, 2.45) is 11.3 Å². The van der Waals surface area contributed by atoms with Crippen molar-refractivity contribution >= 4 is 44.3 Å². The highest BCUT2D eigenvalue weighted by atomic mass is 32.2. The number of hydrogen-bond acceptors (Lipinski definition) is 7. The van der Waals surface area contributed by atoms with Crippen LogP contribution in [0.5, 0.6) is 0 Å². The van der Waals surface area contributed by atoms with E-state index in [4.69, 9.17) is 0 Å². The van der Waals surface area contributed by atoms with Crippen LogP contribution in [0.2, 0.25) is 0 Å². The van der Waals surface area contributed by atoms with Gasteiger partial charge in [-0.15, -0.1) is 0 Å². The van der Waals surface area contributed by atoms with Gasteiger partial charge in [-0.1, -0.05) is 33.8 Å². The second kappa shape index (κ2) is 12.6. The van der Waals surface area contributed by atoms with E-state index in [1.807, 2.05) is 39.8 Å². The van der Waals surface area contributed by atoms with Crippen LogP contribution >= 0.6 is 0 Å². The molecule has 0 aliphatic carbocycles. The van der Waals surface area contributed by atoms with Crippen LogP contribution < -0.4 is 16.0 Å². The lowest BCUT2D eigenvalue weighted by molar-refractivity contribution is -0.143. The average molecular weight is 575 g/mol. The smallest absolute Gasteiger partial charge is 0.246 e. The zero-order chi connectivity index (χ0) is 29.8. The Morgan fingerprint density at radius 2 is 1.88 bits per heavy atom. The van der Waals surface area contributed by atoms with E-state index in [9.17, 15) is 22.8 Å². The molecule has 1 saturated heterocycles. The number of anilines is 1. The molecule has 1 aliphatic heterocycles. The van der Waals surface area contributed by atoms with E-state index in [-0.39, 0.29) is 30.8 Å². The molecular weight excluding hydrogens is 532 g/mol. The molecule has 40 heavy (non-hydrogen) atoms. The summed E-state index contributed by atoms with van der Waals surface area (Å²) in [5, 5.41) is 9.54. The van der Waals surface area contributed by atoms with E-state index < -0.39 is 39.5 Å². The number of amides is 3. The van der Waals surface area contributed by atoms with E-state index in [0.717, 1.165) is 17.2 Å². The van der Waals surface area contributed by atoms with Crippen molar-refractivity contribution in [1.82, 2.24) is 24.8 Å². The van der Waals surface area contributed by atoms with Crippen molar-refractivity contribution in [3.63, 3.8) is 0 Å². The lowest BCUT2D eigenvalue weighted by atomic mass is 9.84. The summed E-state index contributed by atoms with van der Waals surface area (Å²) < 4.78 is 26.4. The van der Waals surface area contributed by atoms with E-state index >= 15 is 0 Å². The van der Waals surface area contributed by atoms with E-state index in [2.05, 4.69) is 20.9 Å². The van der Waals surface area contributed by atoms with Gasteiger partial charge in [0.05, 0.1) is 29.8 Å². The SMILES string of the molecule is CCCN(C(=O)[C@@H](NC(=O)[C@H](C)NC)C(C)(C)C)[C@H]1CN(S(C)(=O)=O)C[C@@H]1C(=O)Nc1ccc2ncccc2c1. The highest BCUT2D eigenvalue weighted by Crippen LogP contribution is 2.30. The Balaban J connectivity index is 1.96. The summed E-state index contributed by atoms with van der Waals surface area (Å²) in [6.45, 7) is 9.43. The Kier molecular flexibility index (Phi) is 9.91. The number of nitrogens with one attached hydrogen (secondary N) is 3. The molecule has 3 amide bonds. The predicted octanol–water partition coefficient (Wildman–Crippen LogP) is 1.81. The highest BCUT2D eigenvalue weighted by Gasteiger charge is 2.47. The maximum atomic E-state index is 14.1. The third-order valence-corrected chi connectivity index (χ3v) is 8.54. The summed E-state index contributed by atoms with van der Waals surface area (Å²) >= 11 is 0. The molecule has 0 radical (unpaired) electrons. The van der Waals surface area contributed by atoms with Crippen molar-refractivity contribution in [3.8, 4) is 0 Å². The van der Waals surface area contributed by atoms with Crippen LogP contribution in [0, 0.1) is 11.3 Å². The number of sulfonamides is 1. The lowest BCUT2D eigenvalue weighted by Crippen LogP contribution is -2.60. The number of nitrogens with zero attached hydrogens (tertiary/aromatic N) is 3. The van der Waals surface area contributed by atoms with Crippen LogP contribution in [0.15, 0.2) is 36.5 Å². The summed E-state index contributed by atoms with van der Waals surface area (Å²) in [5.41, 5.74) is 0.694. The molecule has 4 atom stereocenters. The molecule has 0 unspecified atom stereocenters. The number of hydrogen-bond donors (Lipinski definition) is 3. The third-order valence-electron chi connectivity index (χ3n) is 7.31. The quantitative estimate of drug-likeness (QED) is 0.393. The van der Waals surface area contributed by atoms with Gasteiger partial charge in [0, 0.05) is 36.9 Å². The van der Waals surface area contributed by atoms with E-state index in [1.54, 1.807) is 43.3 Å². The largest absolute Gasteiger partial charge is 0.342 e. The number of likely N-dealkylation sites (N-methyl/N-ethyl adjacent to an activating group) is 1. The summed E-state index contributed by atoms with van der Waals surface area (Å²) in [6.07, 6.45) is 3.38. The predicted molar refractivity (Wildman–Crippen MR) is 156 cm³/mol. The van der Waals surface area contributed by atoms with Gasteiger partial charge in [0.2, 0.25) is 27.7 Å².